The molecule has 104 valence electrons. The highest BCUT2D eigenvalue weighted by Crippen LogP contribution is 2.28. The Morgan fingerprint density at radius 3 is 2.55 bits per heavy atom. The highest BCUT2D eigenvalue weighted by atomic mass is 16.5. The fourth-order valence-corrected chi connectivity index (χ4v) is 2.83. The van der Waals surface area contributed by atoms with Gasteiger partial charge in [0, 0.05) is 24.3 Å². The van der Waals surface area contributed by atoms with Crippen LogP contribution in [0.2, 0.25) is 0 Å². The third kappa shape index (κ3) is 2.07. The van der Waals surface area contributed by atoms with Gasteiger partial charge in [0.1, 0.15) is 24.1 Å². The van der Waals surface area contributed by atoms with Gasteiger partial charge in [-0.25, -0.2) is 0 Å². The lowest BCUT2D eigenvalue weighted by Crippen LogP contribution is -2.45. The van der Waals surface area contributed by atoms with Crippen LogP contribution in [0.3, 0.4) is 0 Å². The molecule has 0 saturated heterocycles. The molecule has 3 rings (SSSR count). The minimum atomic E-state index is -0.895. The Hall–Kier alpha value is -2.24. The lowest BCUT2D eigenvalue weighted by atomic mass is 9.85. The predicted octanol–water partition coefficient (Wildman–Crippen LogP) is 0.781. The van der Waals surface area contributed by atoms with Gasteiger partial charge in [0.2, 0.25) is 0 Å². The van der Waals surface area contributed by atoms with Gasteiger partial charge in [-0.15, -0.1) is 0 Å². The quantitative estimate of drug-likeness (QED) is 0.608. The molecular formula is C14H14N2O4. The molecule has 0 bridgehead atoms. The molecule has 0 saturated carbocycles. The molecule has 6 heteroatoms. The average molecular weight is 274 g/mol. The van der Waals surface area contributed by atoms with Crippen LogP contribution in [0.15, 0.2) is 34.3 Å². The summed E-state index contributed by atoms with van der Waals surface area (Å²) in [7, 11) is 0. The molecule has 3 aliphatic rings. The third-order valence-corrected chi connectivity index (χ3v) is 3.76. The number of carbonyl (C=O) groups is 2. The minimum absolute atomic E-state index is 0.308. The maximum absolute atomic E-state index is 11.3. The standard InChI is InChI=1S/C14H14N2O4/c17-7-20-11-6-2-5-10-13(11)16-9-4-1-3-8(14(18)19)12(9)15-10/h1-3,6-8,11-13H,4-5H2,(H,18,19)/t8-,11-,12?,13-/m1/s1. The van der Waals surface area contributed by atoms with Crippen molar-refractivity contribution in [1.82, 2.24) is 0 Å². The van der Waals surface area contributed by atoms with Crippen molar-refractivity contribution in [2.24, 2.45) is 15.9 Å². The van der Waals surface area contributed by atoms with E-state index in [0.717, 1.165) is 11.4 Å². The molecule has 0 radical (unpaired) electrons. The Morgan fingerprint density at radius 2 is 1.85 bits per heavy atom. The molecule has 20 heavy (non-hydrogen) atoms. The summed E-state index contributed by atoms with van der Waals surface area (Å²) >= 11 is 0. The van der Waals surface area contributed by atoms with Crippen molar-refractivity contribution in [2.75, 3.05) is 0 Å². The van der Waals surface area contributed by atoms with E-state index in [9.17, 15) is 14.7 Å². The summed E-state index contributed by atoms with van der Waals surface area (Å²) in [5, 5.41) is 9.25. The zero-order valence-corrected chi connectivity index (χ0v) is 10.7. The second-order valence-electron chi connectivity index (χ2n) is 4.96. The fourth-order valence-electron chi connectivity index (χ4n) is 2.83. The smallest absolute Gasteiger partial charge is 0.312 e. The Morgan fingerprint density at radius 1 is 1.20 bits per heavy atom. The van der Waals surface area contributed by atoms with Gasteiger partial charge in [-0.05, 0) is 6.08 Å². The van der Waals surface area contributed by atoms with E-state index < -0.39 is 24.0 Å². The van der Waals surface area contributed by atoms with Crippen molar-refractivity contribution in [3.63, 3.8) is 0 Å². The largest absolute Gasteiger partial charge is 0.481 e. The molecule has 0 aromatic heterocycles. The number of aliphatic carboxylic acids is 1. The van der Waals surface area contributed by atoms with Crippen LogP contribution < -0.4 is 0 Å². The van der Waals surface area contributed by atoms with Crippen LogP contribution in [0.5, 0.6) is 0 Å². The van der Waals surface area contributed by atoms with E-state index in [2.05, 4.69) is 9.98 Å². The second-order valence-corrected chi connectivity index (χ2v) is 4.96. The third-order valence-electron chi connectivity index (χ3n) is 3.76. The first-order valence-corrected chi connectivity index (χ1v) is 6.49. The van der Waals surface area contributed by atoms with Crippen molar-refractivity contribution >= 4 is 23.9 Å². The molecule has 1 unspecified atom stereocenters. The number of ether oxygens (including phenoxy) is 1. The zero-order chi connectivity index (χ0) is 14.1. The Labute approximate surface area is 115 Å². The molecule has 1 N–H and O–H groups in total. The summed E-state index contributed by atoms with van der Waals surface area (Å²) in [6, 6.07) is -0.732. The topological polar surface area (TPSA) is 88.3 Å². The summed E-state index contributed by atoms with van der Waals surface area (Å²) < 4.78 is 5.02. The van der Waals surface area contributed by atoms with E-state index >= 15 is 0 Å². The lowest BCUT2D eigenvalue weighted by molar-refractivity contribution is -0.140. The number of hydrogen-bond acceptors (Lipinski definition) is 5. The van der Waals surface area contributed by atoms with Crippen molar-refractivity contribution in [1.29, 1.82) is 0 Å². The second kappa shape index (κ2) is 5.03. The number of hydrogen-bond donors (Lipinski definition) is 1. The normalized spacial score (nSPS) is 34.4. The van der Waals surface area contributed by atoms with Gasteiger partial charge in [0.25, 0.3) is 6.47 Å². The summed E-state index contributed by atoms with van der Waals surface area (Å²) in [6.07, 6.45) is 7.93. The molecule has 1 aliphatic heterocycles. The van der Waals surface area contributed by atoms with Gasteiger partial charge in [-0.1, -0.05) is 18.2 Å². The van der Waals surface area contributed by atoms with Crippen molar-refractivity contribution < 1.29 is 19.4 Å². The van der Waals surface area contributed by atoms with E-state index in [1.54, 1.807) is 12.2 Å². The highest BCUT2D eigenvalue weighted by molar-refractivity contribution is 6.05. The molecular weight excluding hydrogens is 260 g/mol. The van der Waals surface area contributed by atoms with E-state index in [-0.39, 0.29) is 6.04 Å². The highest BCUT2D eigenvalue weighted by Gasteiger charge is 2.39. The zero-order valence-electron chi connectivity index (χ0n) is 10.7. The number of nitrogens with zero attached hydrogens (tertiary/aromatic N) is 2. The first-order valence-electron chi connectivity index (χ1n) is 6.49. The maximum atomic E-state index is 11.3. The van der Waals surface area contributed by atoms with Crippen LogP contribution in [0.25, 0.3) is 0 Å². The summed E-state index contributed by atoms with van der Waals surface area (Å²) in [5.74, 6) is -1.55. The van der Waals surface area contributed by atoms with Gasteiger partial charge in [0.15, 0.2) is 0 Å². The van der Waals surface area contributed by atoms with E-state index in [1.807, 2.05) is 12.2 Å². The number of fused-ring (bicyclic) bond motifs is 2. The average Bonchev–Trinajstić information content (AvgIpc) is 2.45. The number of rotatable bonds is 3. The van der Waals surface area contributed by atoms with Crippen LogP contribution in [0.4, 0.5) is 0 Å². The Kier molecular flexibility index (Phi) is 3.22. The number of carboxylic acid groups (broad SMARTS) is 1. The van der Waals surface area contributed by atoms with Crippen LogP contribution in [-0.2, 0) is 14.3 Å². The molecule has 2 aliphatic carbocycles. The van der Waals surface area contributed by atoms with Gasteiger partial charge >= 0.3 is 5.97 Å². The van der Waals surface area contributed by atoms with Crippen molar-refractivity contribution in [2.45, 2.75) is 31.0 Å². The van der Waals surface area contributed by atoms with E-state index in [0.29, 0.717) is 19.3 Å². The molecule has 1 heterocycles. The van der Waals surface area contributed by atoms with Crippen LogP contribution in [-0.4, -0.2) is 47.2 Å². The molecule has 0 spiro atoms. The maximum Gasteiger partial charge on any atom is 0.312 e. The minimum Gasteiger partial charge on any atom is -0.481 e. The Balaban J connectivity index is 1.95. The summed E-state index contributed by atoms with van der Waals surface area (Å²) in [5.41, 5.74) is 1.54. The van der Waals surface area contributed by atoms with E-state index in [1.165, 1.54) is 0 Å². The van der Waals surface area contributed by atoms with Crippen LogP contribution in [0.1, 0.15) is 12.8 Å². The van der Waals surface area contributed by atoms with Crippen molar-refractivity contribution in [3.8, 4) is 0 Å². The molecule has 0 aromatic rings. The molecule has 4 atom stereocenters. The predicted molar refractivity (Wildman–Crippen MR) is 72.0 cm³/mol. The first-order chi connectivity index (χ1) is 9.70. The van der Waals surface area contributed by atoms with E-state index in [4.69, 9.17) is 4.74 Å². The summed E-state index contributed by atoms with van der Waals surface area (Å²) in [6.45, 7) is 0.408. The number of carbonyl (C=O) groups excluding carboxylic acids is 1. The molecule has 0 amide bonds. The van der Waals surface area contributed by atoms with Crippen LogP contribution >= 0.6 is 0 Å². The fraction of sp³-hybridized carbons (Fsp3) is 0.429. The molecule has 0 aromatic carbocycles. The number of allylic oxidation sites excluding steroid dienone is 2. The van der Waals surface area contributed by atoms with Crippen molar-refractivity contribution in [3.05, 3.63) is 24.3 Å². The first kappa shape index (κ1) is 12.8. The lowest BCUT2D eigenvalue weighted by Gasteiger charge is -2.34. The number of aliphatic imine (C=N–C) groups is 2. The molecule has 0 fully saturated rings. The van der Waals surface area contributed by atoms with Crippen LogP contribution in [0, 0.1) is 5.92 Å². The van der Waals surface area contributed by atoms with Gasteiger partial charge < -0.3 is 9.84 Å². The SMILES string of the molecule is O=CO[C@@H]1C=CCC2=NC3C(=N[C@H]21)CC=C[C@H]3C(=O)O. The Bertz CT molecular complexity index is 562. The summed E-state index contributed by atoms with van der Waals surface area (Å²) in [4.78, 5) is 31.0. The number of carboxylic acids is 1. The monoisotopic (exact) mass is 274 g/mol. The molecule has 6 nitrogen and oxygen atoms in total. The van der Waals surface area contributed by atoms with Gasteiger partial charge in [-0.3, -0.25) is 19.6 Å². The van der Waals surface area contributed by atoms with Gasteiger partial charge in [-0.2, -0.15) is 0 Å². The van der Waals surface area contributed by atoms with Gasteiger partial charge in [0.05, 0.1) is 0 Å².